The maximum absolute atomic E-state index is 12.5. The Morgan fingerprint density at radius 1 is 1.12 bits per heavy atom. The van der Waals surface area contributed by atoms with Crippen LogP contribution in [0.3, 0.4) is 0 Å². The quantitative estimate of drug-likeness (QED) is 0.597. The van der Waals surface area contributed by atoms with E-state index in [1.807, 2.05) is 6.07 Å². The Balaban J connectivity index is 1.61. The van der Waals surface area contributed by atoms with Gasteiger partial charge in [-0.25, -0.2) is 8.42 Å². The van der Waals surface area contributed by atoms with Crippen LogP contribution in [-0.4, -0.2) is 48.7 Å². The Morgan fingerprint density at radius 2 is 1.88 bits per heavy atom. The van der Waals surface area contributed by atoms with E-state index in [1.165, 1.54) is 21.7 Å². The molecule has 7 nitrogen and oxygen atoms in total. The van der Waals surface area contributed by atoms with Gasteiger partial charge in [0.25, 0.3) is 15.7 Å². The minimum absolute atomic E-state index is 0.0754. The Bertz CT molecular complexity index is 813. The first-order valence-electron chi connectivity index (χ1n) is 7.46. The van der Waals surface area contributed by atoms with Crippen LogP contribution in [0.5, 0.6) is 0 Å². The predicted molar refractivity (Wildman–Crippen MR) is 91.5 cm³/mol. The second-order valence-corrected chi connectivity index (χ2v) is 8.65. The normalized spacial score (nSPS) is 17.0. The van der Waals surface area contributed by atoms with Crippen LogP contribution in [0.4, 0.5) is 5.69 Å². The van der Waals surface area contributed by atoms with Gasteiger partial charge in [0.2, 0.25) is 0 Å². The number of nitrogens with zero attached hydrogens (tertiary/aromatic N) is 3. The van der Waals surface area contributed by atoms with Crippen molar-refractivity contribution >= 4 is 27.0 Å². The fourth-order valence-corrected chi connectivity index (χ4v) is 5.26. The molecule has 128 valence electrons. The van der Waals surface area contributed by atoms with Gasteiger partial charge in [0.1, 0.15) is 4.21 Å². The molecule has 3 rings (SSSR count). The van der Waals surface area contributed by atoms with E-state index in [9.17, 15) is 18.5 Å². The molecule has 0 spiro atoms. The zero-order valence-corrected chi connectivity index (χ0v) is 14.5. The van der Waals surface area contributed by atoms with E-state index >= 15 is 0 Å². The van der Waals surface area contributed by atoms with Crippen LogP contribution in [0, 0.1) is 10.1 Å². The molecule has 1 aliphatic heterocycles. The number of benzene rings is 1. The highest BCUT2D eigenvalue weighted by molar-refractivity contribution is 7.91. The lowest BCUT2D eigenvalue weighted by Gasteiger charge is -2.33. The third-order valence-corrected chi connectivity index (χ3v) is 7.22. The van der Waals surface area contributed by atoms with E-state index in [-0.39, 0.29) is 5.69 Å². The molecule has 0 saturated carbocycles. The van der Waals surface area contributed by atoms with E-state index in [0.29, 0.717) is 36.9 Å². The molecule has 1 aromatic heterocycles. The van der Waals surface area contributed by atoms with E-state index in [2.05, 4.69) is 4.90 Å². The number of nitro groups is 1. The average Bonchev–Trinajstić information content (AvgIpc) is 3.11. The first kappa shape index (κ1) is 17.0. The predicted octanol–water partition coefficient (Wildman–Crippen LogP) is 2.16. The zero-order chi connectivity index (χ0) is 17.2. The number of hydrogen-bond donors (Lipinski definition) is 0. The molecule has 1 aliphatic rings. The average molecular weight is 367 g/mol. The minimum Gasteiger partial charge on any atom is -0.296 e. The summed E-state index contributed by atoms with van der Waals surface area (Å²) < 4.78 is 26.8. The first-order chi connectivity index (χ1) is 11.5. The summed E-state index contributed by atoms with van der Waals surface area (Å²) in [6.07, 6.45) is 0. The van der Waals surface area contributed by atoms with Gasteiger partial charge in [-0.2, -0.15) is 4.31 Å². The number of non-ortho nitro benzene ring substituents is 1. The molecule has 0 N–H and O–H groups in total. The van der Waals surface area contributed by atoms with Crippen LogP contribution in [-0.2, 0) is 16.6 Å². The number of rotatable bonds is 5. The first-order valence-corrected chi connectivity index (χ1v) is 9.78. The topological polar surface area (TPSA) is 83.8 Å². The summed E-state index contributed by atoms with van der Waals surface area (Å²) in [5.41, 5.74) is 0.935. The molecule has 9 heteroatoms. The van der Waals surface area contributed by atoms with Crippen molar-refractivity contribution in [2.45, 2.75) is 10.8 Å². The summed E-state index contributed by atoms with van der Waals surface area (Å²) in [5.74, 6) is 0. The fraction of sp³-hybridized carbons (Fsp3) is 0.333. The standard InChI is InChI=1S/C15H17N3O4S2/c19-18(20)14-4-1-3-13(11-14)12-16-6-8-17(9-7-16)24(21,22)15-5-2-10-23-15/h1-5,10-11H,6-9,12H2. The van der Waals surface area contributed by atoms with Crippen molar-refractivity contribution in [1.82, 2.24) is 9.21 Å². The van der Waals surface area contributed by atoms with Gasteiger partial charge < -0.3 is 0 Å². The molecule has 0 atom stereocenters. The monoisotopic (exact) mass is 367 g/mol. The number of piperazine rings is 1. The van der Waals surface area contributed by atoms with Crippen LogP contribution in [0.1, 0.15) is 5.56 Å². The third kappa shape index (κ3) is 3.64. The lowest BCUT2D eigenvalue weighted by Crippen LogP contribution is -2.48. The van der Waals surface area contributed by atoms with E-state index in [0.717, 1.165) is 5.56 Å². The second kappa shape index (κ2) is 6.98. The molecule has 1 fully saturated rings. The molecule has 24 heavy (non-hydrogen) atoms. The van der Waals surface area contributed by atoms with Crippen LogP contribution in [0.2, 0.25) is 0 Å². The highest BCUT2D eigenvalue weighted by Gasteiger charge is 2.29. The van der Waals surface area contributed by atoms with Crippen molar-refractivity contribution in [3.8, 4) is 0 Å². The lowest BCUT2D eigenvalue weighted by molar-refractivity contribution is -0.384. The summed E-state index contributed by atoms with van der Waals surface area (Å²) in [6, 6.07) is 9.90. The van der Waals surface area contributed by atoms with Crippen molar-refractivity contribution in [1.29, 1.82) is 0 Å². The summed E-state index contributed by atoms with van der Waals surface area (Å²) in [7, 11) is -3.40. The van der Waals surface area contributed by atoms with Crippen molar-refractivity contribution in [2.24, 2.45) is 0 Å². The number of nitro benzene ring substituents is 1. The smallest absolute Gasteiger partial charge is 0.269 e. The van der Waals surface area contributed by atoms with Gasteiger partial charge >= 0.3 is 0 Å². The molecule has 2 heterocycles. The van der Waals surface area contributed by atoms with Gasteiger partial charge in [0, 0.05) is 44.9 Å². The molecule has 1 aromatic carbocycles. The van der Waals surface area contributed by atoms with Crippen LogP contribution >= 0.6 is 11.3 Å². The highest BCUT2D eigenvalue weighted by Crippen LogP contribution is 2.22. The minimum atomic E-state index is -3.40. The molecule has 0 aliphatic carbocycles. The van der Waals surface area contributed by atoms with E-state index < -0.39 is 14.9 Å². The van der Waals surface area contributed by atoms with Crippen molar-refractivity contribution < 1.29 is 13.3 Å². The van der Waals surface area contributed by atoms with Crippen molar-refractivity contribution in [3.05, 3.63) is 57.5 Å². The Hall–Kier alpha value is -1.81. The maximum atomic E-state index is 12.5. The maximum Gasteiger partial charge on any atom is 0.269 e. The van der Waals surface area contributed by atoms with Crippen molar-refractivity contribution in [2.75, 3.05) is 26.2 Å². The van der Waals surface area contributed by atoms with Crippen LogP contribution in [0.25, 0.3) is 0 Å². The molecule has 1 saturated heterocycles. The highest BCUT2D eigenvalue weighted by atomic mass is 32.2. The Morgan fingerprint density at radius 3 is 2.50 bits per heavy atom. The summed E-state index contributed by atoms with van der Waals surface area (Å²) in [5, 5.41) is 12.6. The van der Waals surface area contributed by atoms with Gasteiger partial charge in [0.05, 0.1) is 4.92 Å². The molecular formula is C15H17N3O4S2. The van der Waals surface area contributed by atoms with E-state index in [4.69, 9.17) is 0 Å². The van der Waals surface area contributed by atoms with Crippen LogP contribution < -0.4 is 0 Å². The third-order valence-electron chi connectivity index (χ3n) is 3.95. The Kier molecular flexibility index (Phi) is 4.95. The van der Waals surface area contributed by atoms with Crippen molar-refractivity contribution in [3.63, 3.8) is 0 Å². The summed E-state index contributed by atoms with van der Waals surface area (Å²) in [6.45, 7) is 2.64. The van der Waals surface area contributed by atoms with Gasteiger partial charge in [0.15, 0.2) is 0 Å². The molecule has 0 bridgehead atoms. The molecule has 0 amide bonds. The number of sulfonamides is 1. The lowest BCUT2D eigenvalue weighted by atomic mass is 10.2. The van der Waals surface area contributed by atoms with Gasteiger partial charge in [-0.1, -0.05) is 18.2 Å². The second-order valence-electron chi connectivity index (χ2n) is 5.54. The SMILES string of the molecule is O=[N+]([O-])c1cccc(CN2CCN(S(=O)(=O)c3cccs3)CC2)c1. The summed E-state index contributed by atoms with van der Waals surface area (Å²) >= 11 is 1.22. The van der Waals surface area contributed by atoms with Crippen LogP contribution in [0.15, 0.2) is 46.0 Å². The van der Waals surface area contributed by atoms with Gasteiger partial charge in [-0.05, 0) is 17.0 Å². The molecule has 0 unspecified atom stereocenters. The fourth-order valence-electron chi connectivity index (χ4n) is 2.69. The Labute approximate surface area is 144 Å². The van der Waals surface area contributed by atoms with Gasteiger partial charge in [-0.3, -0.25) is 15.0 Å². The number of hydrogen-bond acceptors (Lipinski definition) is 6. The summed E-state index contributed by atoms with van der Waals surface area (Å²) in [4.78, 5) is 12.5. The molecular weight excluding hydrogens is 350 g/mol. The zero-order valence-electron chi connectivity index (χ0n) is 12.9. The van der Waals surface area contributed by atoms with Gasteiger partial charge in [-0.15, -0.1) is 11.3 Å². The largest absolute Gasteiger partial charge is 0.296 e. The molecule has 2 aromatic rings. The molecule has 0 radical (unpaired) electrons. The van der Waals surface area contributed by atoms with E-state index in [1.54, 1.807) is 29.6 Å². The number of thiophene rings is 1.